The van der Waals surface area contributed by atoms with Crippen LogP contribution in [0.1, 0.15) is 50.2 Å². The molecule has 0 saturated heterocycles. The summed E-state index contributed by atoms with van der Waals surface area (Å²) in [5.74, 6) is 0.248. The number of carbonyl (C=O) groups is 1. The lowest BCUT2D eigenvalue weighted by Gasteiger charge is -2.23. The van der Waals surface area contributed by atoms with Crippen LogP contribution in [0.3, 0.4) is 0 Å². The van der Waals surface area contributed by atoms with Crippen LogP contribution >= 0.6 is 0 Å². The molecular formula is C18H26N2O. The zero-order valence-electron chi connectivity index (χ0n) is 13.0. The summed E-state index contributed by atoms with van der Waals surface area (Å²) < 4.78 is 0. The molecule has 0 bridgehead atoms. The maximum absolute atomic E-state index is 12.3. The Hall–Kier alpha value is -1.51. The van der Waals surface area contributed by atoms with Crippen molar-refractivity contribution in [2.24, 2.45) is 5.41 Å². The van der Waals surface area contributed by atoms with Crippen LogP contribution in [0.4, 0.5) is 5.69 Å². The third-order valence-corrected chi connectivity index (χ3v) is 5.10. The molecule has 0 spiro atoms. The molecule has 3 rings (SSSR count). The van der Waals surface area contributed by atoms with E-state index in [1.807, 2.05) is 0 Å². The highest BCUT2D eigenvalue weighted by Gasteiger charge is 2.35. The van der Waals surface area contributed by atoms with Gasteiger partial charge in [-0.2, -0.15) is 0 Å². The van der Waals surface area contributed by atoms with Crippen molar-refractivity contribution in [1.29, 1.82) is 0 Å². The molecule has 0 unspecified atom stereocenters. The molecule has 1 amide bonds. The Bertz CT molecular complexity index is 518. The smallest absolute Gasteiger partial charge is 0.225 e. The molecule has 1 heterocycles. The highest BCUT2D eigenvalue weighted by atomic mass is 16.2. The van der Waals surface area contributed by atoms with Crippen molar-refractivity contribution < 1.29 is 4.79 Å². The van der Waals surface area contributed by atoms with Crippen LogP contribution in [0.2, 0.25) is 0 Å². The predicted molar refractivity (Wildman–Crippen MR) is 86.5 cm³/mol. The number of fused-ring (bicyclic) bond motifs is 1. The van der Waals surface area contributed by atoms with E-state index in [1.54, 1.807) is 0 Å². The first-order chi connectivity index (χ1) is 10.2. The molecule has 3 heteroatoms. The molecule has 0 aromatic heterocycles. The second-order valence-electron chi connectivity index (χ2n) is 6.76. The first kappa shape index (κ1) is 14.4. The van der Waals surface area contributed by atoms with Gasteiger partial charge in [-0.15, -0.1) is 0 Å². The highest BCUT2D eigenvalue weighted by molar-refractivity contribution is 5.82. The summed E-state index contributed by atoms with van der Waals surface area (Å²) in [6.45, 7) is 3.92. The minimum absolute atomic E-state index is 0.117. The van der Waals surface area contributed by atoms with Gasteiger partial charge in [0.25, 0.3) is 0 Å². The Morgan fingerprint density at radius 2 is 2.10 bits per heavy atom. The summed E-state index contributed by atoms with van der Waals surface area (Å²) in [5, 5.41) is 6.67. The summed E-state index contributed by atoms with van der Waals surface area (Å²) in [7, 11) is 0. The molecule has 1 saturated carbocycles. The van der Waals surface area contributed by atoms with Gasteiger partial charge < -0.3 is 10.6 Å². The topological polar surface area (TPSA) is 41.1 Å². The van der Waals surface area contributed by atoms with Crippen LogP contribution in [0, 0.1) is 5.41 Å². The fourth-order valence-corrected chi connectivity index (χ4v) is 3.70. The lowest BCUT2D eigenvalue weighted by molar-refractivity contribution is -0.129. The number of anilines is 1. The maximum atomic E-state index is 12.3. The zero-order chi connectivity index (χ0) is 14.7. The summed E-state index contributed by atoms with van der Waals surface area (Å²) in [6, 6.07) is 6.53. The van der Waals surface area contributed by atoms with Crippen LogP contribution in [-0.2, 0) is 17.6 Å². The lowest BCUT2D eigenvalue weighted by atomic mass is 9.88. The average Bonchev–Trinajstić information content (AvgIpc) is 2.95. The monoisotopic (exact) mass is 286 g/mol. The van der Waals surface area contributed by atoms with E-state index < -0.39 is 0 Å². The number of hydrogen-bond donors (Lipinski definition) is 2. The summed E-state index contributed by atoms with van der Waals surface area (Å²) in [4.78, 5) is 12.3. The number of para-hydroxylation sites is 1. The van der Waals surface area contributed by atoms with Crippen LogP contribution in [0.25, 0.3) is 0 Å². The third-order valence-electron chi connectivity index (χ3n) is 5.10. The maximum Gasteiger partial charge on any atom is 0.225 e. The normalized spacial score (nSPS) is 19.7. The van der Waals surface area contributed by atoms with E-state index in [9.17, 15) is 4.79 Å². The van der Waals surface area contributed by atoms with Gasteiger partial charge in [0.1, 0.15) is 0 Å². The molecule has 1 aliphatic heterocycles. The first-order valence-corrected chi connectivity index (χ1v) is 8.32. The van der Waals surface area contributed by atoms with Crippen molar-refractivity contribution in [2.45, 2.75) is 51.9 Å². The largest absolute Gasteiger partial charge is 0.385 e. The van der Waals surface area contributed by atoms with E-state index in [2.05, 4.69) is 35.8 Å². The standard InChI is InChI=1S/C18H26N2O/c1-18(10-2-3-11-18)17(21)20-13-9-15-7-4-6-14-8-5-12-19-16(14)15/h4,6-7,19H,2-3,5,8-13H2,1H3,(H,20,21). The van der Waals surface area contributed by atoms with Gasteiger partial charge in [0.2, 0.25) is 5.91 Å². The Balaban J connectivity index is 1.57. The van der Waals surface area contributed by atoms with Gasteiger partial charge >= 0.3 is 0 Å². The molecule has 0 atom stereocenters. The fourth-order valence-electron chi connectivity index (χ4n) is 3.70. The number of benzene rings is 1. The highest BCUT2D eigenvalue weighted by Crippen LogP contribution is 2.37. The van der Waals surface area contributed by atoms with E-state index in [0.29, 0.717) is 0 Å². The molecule has 1 fully saturated rings. The van der Waals surface area contributed by atoms with E-state index in [-0.39, 0.29) is 11.3 Å². The van der Waals surface area contributed by atoms with Gasteiger partial charge in [-0.25, -0.2) is 0 Å². The van der Waals surface area contributed by atoms with Crippen LogP contribution in [0.15, 0.2) is 18.2 Å². The molecule has 114 valence electrons. The second-order valence-corrected chi connectivity index (χ2v) is 6.76. The minimum Gasteiger partial charge on any atom is -0.385 e. The number of hydrogen-bond acceptors (Lipinski definition) is 2. The van der Waals surface area contributed by atoms with Crippen molar-refractivity contribution >= 4 is 11.6 Å². The first-order valence-electron chi connectivity index (χ1n) is 8.32. The molecule has 21 heavy (non-hydrogen) atoms. The number of amides is 1. The Morgan fingerprint density at radius 3 is 2.90 bits per heavy atom. The van der Waals surface area contributed by atoms with E-state index >= 15 is 0 Å². The SMILES string of the molecule is CC1(C(=O)NCCc2cccc3c2NCCC3)CCCC1. The molecule has 2 aliphatic rings. The molecule has 0 radical (unpaired) electrons. The van der Waals surface area contributed by atoms with Gasteiger partial charge in [-0.1, -0.05) is 38.0 Å². The van der Waals surface area contributed by atoms with Gasteiger partial charge in [0, 0.05) is 24.2 Å². The number of aryl methyl sites for hydroxylation is 1. The van der Waals surface area contributed by atoms with Crippen molar-refractivity contribution in [2.75, 3.05) is 18.4 Å². The van der Waals surface area contributed by atoms with Crippen LogP contribution in [0.5, 0.6) is 0 Å². The van der Waals surface area contributed by atoms with Gasteiger partial charge in [0.15, 0.2) is 0 Å². The Labute approximate surface area is 127 Å². The van der Waals surface area contributed by atoms with Crippen LogP contribution < -0.4 is 10.6 Å². The van der Waals surface area contributed by atoms with Crippen molar-refractivity contribution in [1.82, 2.24) is 5.32 Å². The Kier molecular flexibility index (Phi) is 4.18. The number of nitrogens with one attached hydrogen (secondary N) is 2. The molecule has 2 N–H and O–H groups in total. The number of rotatable bonds is 4. The molecular weight excluding hydrogens is 260 g/mol. The number of carbonyl (C=O) groups excluding carboxylic acids is 1. The van der Waals surface area contributed by atoms with E-state index in [4.69, 9.17) is 0 Å². The minimum atomic E-state index is -0.117. The van der Waals surface area contributed by atoms with Gasteiger partial charge in [-0.3, -0.25) is 4.79 Å². The van der Waals surface area contributed by atoms with Crippen LogP contribution in [-0.4, -0.2) is 19.0 Å². The quantitative estimate of drug-likeness (QED) is 0.892. The predicted octanol–water partition coefficient (Wildman–Crippen LogP) is 3.28. The van der Waals surface area contributed by atoms with E-state index in [0.717, 1.165) is 32.4 Å². The molecule has 3 nitrogen and oxygen atoms in total. The second kappa shape index (κ2) is 6.08. The zero-order valence-corrected chi connectivity index (χ0v) is 13.0. The van der Waals surface area contributed by atoms with Gasteiger partial charge in [-0.05, 0) is 43.2 Å². The summed E-state index contributed by atoms with van der Waals surface area (Å²) in [5.41, 5.74) is 3.95. The Morgan fingerprint density at radius 1 is 1.29 bits per heavy atom. The molecule has 1 aromatic carbocycles. The van der Waals surface area contributed by atoms with Gasteiger partial charge in [0.05, 0.1) is 0 Å². The summed E-state index contributed by atoms with van der Waals surface area (Å²) >= 11 is 0. The lowest BCUT2D eigenvalue weighted by Crippen LogP contribution is -2.38. The summed E-state index contributed by atoms with van der Waals surface area (Å²) in [6.07, 6.45) is 7.77. The third kappa shape index (κ3) is 3.07. The average molecular weight is 286 g/mol. The van der Waals surface area contributed by atoms with Crippen molar-refractivity contribution in [3.63, 3.8) is 0 Å². The van der Waals surface area contributed by atoms with Crippen molar-refractivity contribution in [3.05, 3.63) is 29.3 Å². The molecule has 1 aliphatic carbocycles. The van der Waals surface area contributed by atoms with Crippen molar-refractivity contribution in [3.8, 4) is 0 Å². The molecule has 1 aromatic rings. The fraction of sp³-hybridized carbons (Fsp3) is 0.611. The van der Waals surface area contributed by atoms with E-state index in [1.165, 1.54) is 42.5 Å².